The summed E-state index contributed by atoms with van der Waals surface area (Å²) in [5, 5.41) is 4.76. The Bertz CT molecular complexity index is 784. The zero-order valence-corrected chi connectivity index (χ0v) is 14.5. The maximum Gasteiger partial charge on any atom is 0.245 e. The van der Waals surface area contributed by atoms with Gasteiger partial charge in [-0.05, 0) is 36.8 Å². The smallest absolute Gasteiger partial charge is 0.245 e. The Morgan fingerprint density at radius 3 is 2.80 bits per heavy atom. The van der Waals surface area contributed by atoms with Crippen molar-refractivity contribution in [3.63, 3.8) is 0 Å². The summed E-state index contributed by atoms with van der Waals surface area (Å²) in [5.41, 5.74) is 4.09. The van der Waals surface area contributed by atoms with Gasteiger partial charge in [-0.25, -0.2) is 5.43 Å². The molecule has 0 saturated carbocycles. The van der Waals surface area contributed by atoms with Crippen LogP contribution in [-0.4, -0.2) is 29.0 Å². The third-order valence-electron chi connectivity index (χ3n) is 4.11. The monoisotopic (exact) mass is 359 g/mol. The van der Waals surface area contributed by atoms with Gasteiger partial charge in [-0.1, -0.05) is 23.7 Å². The maximum atomic E-state index is 12.3. The Hall–Kier alpha value is -2.60. The number of furan rings is 1. The Morgan fingerprint density at radius 1 is 1.36 bits per heavy atom. The van der Waals surface area contributed by atoms with Crippen LogP contribution in [0, 0.1) is 5.92 Å². The minimum absolute atomic E-state index is 0.0602. The number of likely N-dealkylation sites (tertiary alicyclic amines) is 1. The van der Waals surface area contributed by atoms with E-state index in [2.05, 4.69) is 10.5 Å². The highest BCUT2D eigenvalue weighted by atomic mass is 35.5. The highest BCUT2D eigenvalue weighted by Gasteiger charge is 2.34. The normalized spacial score (nSPS) is 17.8. The molecule has 1 aliphatic rings. The zero-order valence-electron chi connectivity index (χ0n) is 13.7. The molecule has 1 aromatic heterocycles. The lowest BCUT2D eigenvalue weighted by molar-refractivity contribution is -0.129. The third kappa shape index (κ3) is 4.28. The Balaban J connectivity index is 1.57. The van der Waals surface area contributed by atoms with E-state index in [1.807, 2.05) is 12.1 Å². The van der Waals surface area contributed by atoms with Crippen LogP contribution in [0.1, 0.15) is 24.7 Å². The number of hydrogen-bond donors (Lipinski definition) is 1. The molecule has 25 heavy (non-hydrogen) atoms. The molecule has 1 aromatic carbocycles. The van der Waals surface area contributed by atoms with E-state index in [9.17, 15) is 9.59 Å². The molecule has 1 fully saturated rings. The van der Waals surface area contributed by atoms with Crippen LogP contribution in [0.5, 0.6) is 0 Å². The lowest BCUT2D eigenvalue weighted by atomic mass is 10.1. The second-order valence-electron chi connectivity index (χ2n) is 5.93. The summed E-state index contributed by atoms with van der Waals surface area (Å²) in [6, 6.07) is 10.8. The summed E-state index contributed by atoms with van der Waals surface area (Å²) in [4.78, 5) is 26.0. The molecule has 2 amide bonds. The predicted molar refractivity (Wildman–Crippen MR) is 94.0 cm³/mol. The number of amides is 2. The summed E-state index contributed by atoms with van der Waals surface area (Å²) in [6.45, 7) is 2.54. The van der Waals surface area contributed by atoms with Crippen LogP contribution in [0.2, 0.25) is 5.02 Å². The largest absolute Gasteiger partial charge is 0.467 e. The van der Waals surface area contributed by atoms with Crippen LogP contribution in [0.3, 0.4) is 0 Å². The topological polar surface area (TPSA) is 74.9 Å². The molecule has 1 N–H and O–H groups in total. The summed E-state index contributed by atoms with van der Waals surface area (Å²) in [7, 11) is 0. The zero-order chi connectivity index (χ0) is 17.8. The first kappa shape index (κ1) is 17.2. The SMILES string of the molecule is C/C(=N\NC(=O)C1CC(=O)N(Cc2ccco2)C1)c1ccc(Cl)cc1. The molecule has 1 aliphatic heterocycles. The fourth-order valence-corrected chi connectivity index (χ4v) is 2.80. The van der Waals surface area contributed by atoms with E-state index in [1.54, 1.807) is 42.4 Å². The molecule has 1 unspecified atom stereocenters. The molecule has 0 spiro atoms. The van der Waals surface area contributed by atoms with Crippen molar-refractivity contribution in [1.29, 1.82) is 0 Å². The maximum absolute atomic E-state index is 12.3. The number of benzene rings is 1. The minimum atomic E-state index is -0.413. The molecule has 1 saturated heterocycles. The van der Waals surface area contributed by atoms with E-state index in [4.69, 9.17) is 16.0 Å². The average Bonchev–Trinajstić information content (AvgIpc) is 3.24. The van der Waals surface area contributed by atoms with E-state index in [0.717, 1.165) is 5.56 Å². The molecule has 7 heteroatoms. The van der Waals surface area contributed by atoms with E-state index in [0.29, 0.717) is 29.6 Å². The minimum Gasteiger partial charge on any atom is -0.467 e. The van der Waals surface area contributed by atoms with Crippen LogP contribution in [0.25, 0.3) is 0 Å². The van der Waals surface area contributed by atoms with Crippen molar-refractivity contribution >= 4 is 29.1 Å². The fourth-order valence-electron chi connectivity index (χ4n) is 2.68. The highest BCUT2D eigenvalue weighted by Crippen LogP contribution is 2.20. The number of nitrogens with one attached hydrogen (secondary N) is 1. The Morgan fingerprint density at radius 2 is 2.12 bits per heavy atom. The average molecular weight is 360 g/mol. The predicted octanol–water partition coefficient (Wildman–Crippen LogP) is 2.82. The Kier molecular flexibility index (Phi) is 5.19. The summed E-state index contributed by atoms with van der Waals surface area (Å²) in [6.07, 6.45) is 1.75. The number of carbonyl (C=O) groups is 2. The van der Waals surface area contributed by atoms with Gasteiger partial charge < -0.3 is 9.32 Å². The van der Waals surface area contributed by atoms with Gasteiger partial charge in [-0.3, -0.25) is 9.59 Å². The summed E-state index contributed by atoms with van der Waals surface area (Å²) < 4.78 is 5.25. The molecule has 130 valence electrons. The fraction of sp³-hybridized carbons (Fsp3) is 0.278. The van der Waals surface area contributed by atoms with Crippen LogP contribution >= 0.6 is 11.6 Å². The van der Waals surface area contributed by atoms with Gasteiger partial charge >= 0.3 is 0 Å². The molecule has 0 aliphatic carbocycles. The second-order valence-corrected chi connectivity index (χ2v) is 6.37. The molecular weight excluding hydrogens is 342 g/mol. The molecule has 2 aromatic rings. The summed E-state index contributed by atoms with van der Waals surface area (Å²) in [5.74, 6) is -0.0335. The first-order chi connectivity index (χ1) is 12.0. The van der Waals surface area contributed by atoms with Gasteiger partial charge in [0.1, 0.15) is 5.76 Å². The molecule has 2 heterocycles. The molecule has 6 nitrogen and oxygen atoms in total. The third-order valence-corrected chi connectivity index (χ3v) is 4.36. The van der Waals surface area contributed by atoms with Crippen LogP contribution in [0.15, 0.2) is 52.2 Å². The molecule has 0 bridgehead atoms. The van der Waals surface area contributed by atoms with Gasteiger partial charge in [0.2, 0.25) is 11.8 Å². The van der Waals surface area contributed by atoms with Crippen molar-refractivity contribution < 1.29 is 14.0 Å². The molecular formula is C18H18ClN3O3. The second kappa shape index (κ2) is 7.53. The molecule has 0 radical (unpaired) electrons. The Labute approximate surface area is 150 Å². The van der Waals surface area contributed by atoms with Crippen molar-refractivity contribution in [3.8, 4) is 0 Å². The van der Waals surface area contributed by atoms with Crippen LogP contribution in [0.4, 0.5) is 0 Å². The van der Waals surface area contributed by atoms with Gasteiger partial charge in [-0.2, -0.15) is 5.10 Å². The van der Waals surface area contributed by atoms with E-state index < -0.39 is 5.92 Å². The van der Waals surface area contributed by atoms with E-state index in [-0.39, 0.29) is 18.2 Å². The lowest BCUT2D eigenvalue weighted by Gasteiger charge is -2.14. The van der Waals surface area contributed by atoms with Crippen LogP contribution < -0.4 is 5.43 Å². The first-order valence-corrected chi connectivity index (χ1v) is 8.31. The van der Waals surface area contributed by atoms with Gasteiger partial charge in [0.15, 0.2) is 0 Å². The number of nitrogens with zero attached hydrogens (tertiary/aromatic N) is 2. The van der Waals surface area contributed by atoms with Crippen molar-refractivity contribution in [2.75, 3.05) is 6.54 Å². The highest BCUT2D eigenvalue weighted by molar-refractivity contribution is 6.30. The number of hydrazone groups is 1. The van der Waals surface area contributed by atoms with Crippen molar-refractivity contribution in [1.82, 2.24) is 10.3 Å². The first-order valence-electron chi connectivity index (χ1n) is 7.93. The van der Waals surface area contributed by atoms with Gasteiger partial charge in [0.05, 0.1) is 24.4 Å². The van der Waals surface area contributed by atoms with E-state index in [1.165, 1.54) is 0 Å². The quantitative estimate of drug-likeness (QED) is 0.659. The number of carbonyl (C=O) groups excluding carboxylic acids is 2. The number of halogens is 1. The van der Waals surface area contributed by atoms with Gasteiger partial charge in [0, 0.05) is 18.0 Å². The number of rotatable bonds is 5. The van der Waals surface area contributed by atoms with Crippen molar-refractivity contribution in [2.24, 2.45) is 11.0 Å². The number of hydrogen-bond acceptors (Lipinski definition) is 4. The van der Waals surface area contributed by atoms with E-state index >= 15 is 0 Å². The van der Waals surface area contributed by atoms with Crippen LogP contribution in [-0.2, 0) is 16.1 Å². The molecule has 1 atom stereocenters. The van der Waals surface area contributed by atoms with Crippen molar-refractivity contribution in [2.45, 2.75) is 19.9 Å². The summed E-state index contributed by atoms with van der Waals surface area (Å²) >= 11 is 5.86. The van der Waals surface area contributed by atoms with Crippen molar-refractivity contribution in [3.05, 3.63) is 59.0 Å². The lowest BCUT2D eigenvalue weighted by Crippen LogP contribution is -2.30. The standard InChI is InChI=1S/C18H18ClN3O3/c1-12(13-4-6-15(19)7-5-13)20-21-18(24)14-9-17(23)22(10-14)11-16-3-2-8-25-16/h2-8,14H,9-11H2,1H3,(H,21,24)/b20-12+. The molecule has 3 rings (SSSR count). The van der Waals surface area contributed by atoms with Gasteiger partial charge in [-0.15, -0.1) is 0 Å². The van der Waals surface area contributed by atoms with Gasteiger partial charge in [0.25, 0.3) is 0 Å².